The van der Waals surface area contributed by atoms with E-state index < -0.39 is 5.97 Å². The van der Waals surface area contributed by atoms with Gasteiger partial charge in [0.05, 0.1) is 0 Å². The molecule has 104 valence electrons. The highest BCUT2D eigenvalue weighted by Crippen LogP contribution is 2.17. The molecule has 1 fully saturated rings. The molecule has 1 saturated carbocycles. The predicted molar refractivity (Wildman–Crippen MR) is 68.0 cm³/mol. The number of nitrogen functional groups attached to an aromatic ring is 1. The highest BCUT2D eigenvalue weighted by atomic mass is 16.5. The molecule has 1 aromatic heterocycles. The van der Waals surface area contributed by atoms with Gasteiger partial charge in [0.1, 0.15) is 12.4 Å². The van der Waals surface area contributed by atoms with Crippen molar-refractivity contribution in [2.45, 2.75) is 38.3 Å². The Labute approximate surface area is 111 Å². The number of esters is 1. The number of nitrogens with zero attached hydrogens (tertiary/aromatic N) is 2. The van der Waals surface area contributed by atoms with Gasteiger partial charge in [-0.05, 0) is 18.9 Å². The number of anilines is 1. The number of rotatable bonds is 5. The number of amides is 1. The van der Waals surface area contributed by atoms with Crippen LogP contribution >= 0.6 is 0 Å². The molecule has 0 spiro atoms. The van der Waals surface area contributed by atoms with Crippen molar-refractivity contribution in [3.05, 3.63) is 12.3 Å². The third-order valence-electron chi connectivity index (χ3n) is 3.04. The van der Waals surface area contributed by atoms with Crippen LogP contribution in [0.2, 0.25) is 0 Å². The summed E-state index contributed by atoms with van der Waals surface area (Å²) in [7, 11) is 0. The minimum absolute atomic E-state index is 0.0477. The Morgan fingerprint density at radius 2 is 2.21 bits per heavy atom. The minimum atomic E-state index is -0.510. The van der Waals surface area contributed by atoms with Crippen molar-refractivity contribution >= 4 is 17.7 Å². The van der Waals surface area contributed by atoms with Crippen LogP contribution in [0.15, 0.2) is 12.3 Å². The SMILES string of the molecule is Nc1ccn(CC(=O)OCC(=O)NC2CCCC2)n1. The van der Waals surface area contributed by atoms with Crippen LogP contribution < -0.4 is 11.1 Å². The highest BCUT2D eigenvalue weighted by Gasteiger charge is 2.17. The molecule has 0 radical (unpaired) electrons. The number of carbonyl (C=O) groups is 2. The Morgan fingerprint density at radius 3 is 2.84 bits per heavy atom. The Hall–Kier alpha value is -2.05. The summed E-state index contributed by atoms with van der Waals surface area (Å²) in [5, 5.41) is 6.70. The van der Waals surface area contributed by atoms with E-state index in [2.05, 4.69) is 10.4 Å². The van der Waals surface area contributed by atoms with E-state index in [-0.39, 0.29) is 25.1 Å². The zero-order valence-electron chi connectivity index (χ0n) is 10.7. The molecular weight excluding hydrogens is 248 g/mol. The first-order valence-electron chi connectivity index (χ1n) is 6.37. The van der Waals surface area contributed by atoms with Gasteiger partial charge >= 0.3 is 5.97 Å². The largest absolute Gasteiger partial charge is 0.454 e. The van der Waals surface area contributed by atoms with Crippen molar-refractivity contribution in [3.8, 4) is 0 Å². The average Bonchev–Trinajstić information content (AvgIpc) is 2.99. The summed E-state index contributed by atoms with van der Waals surface area (Å²) in [5.41, 5.74) is 5.42. The first-order valence-corrected chi connectivity index (χ1v) is 6.37. The Balaban J connectivity index is 1.66. The van der Waals surface area contributed by atoms with E-state index in [0.29, 0.717) is 5.82 Å². The molecule has 1 heterocycles. The monoisotopic (exact) mass is 266 g/mol. The van der Waals surface area contributed by atoms with Crippen LogP contribution in [0.1, 0.15) is 25.7 Å². The van der Waals surface area contributed by atoms with Gasteiger partial charge in [0.25, 0.3) is 5.91 Å². The normalized spacial score (nSPS) is 15.4. The van der Waals surface area contributed by atoms with E-state index in [1.807, 2.05) is 0 Å². The summed E-state index contributed by atoms with van der Waals surface area (Å²) in [5.74, 6) is -0.420. The van der Waals surface area contributed by atoms with Crippen LogP contribution in [0.4, 0.5) is 5.82 Å². The van der Waals surface area contributed by atoms with Gasteiger partial charge in [0.15, 0.2) is 6.61 Å². The molecule has 0 bridgehead atoms. The maximum Gasteiger partial charge on any atom is 0.328 e. The maximum atomic E-state index is 11.5. The number of hydrogen-bond acceptors (Lipinski definition) is 5. The predicted octanol–water partition coefficient (Wildman–Crippen LogP) is 0.0673. The molecule has 0 saturated heterocycles. The fraction of sp³-hybridized carbons (Fsp3) is 0.583. The van der Waals surface area contributed by atoms with Gasteiger partial charge in [0.2, 0.25) is 0 Å². The van der Waals surface area contributed by atoms with Gasteiger partial charge in [0, 0.05) is 12.2 Å². The first kappa shape index (κ1) is 13.4. The van der Waals surface area contributed by atoms with Crippen molar-refractivity contribution < 1.29 is 14.3 Å². The Bertz CT molecular complexity index is 452. The lowest BCUT2D eigenvalue weighted by molar-refractivity contribution is -0.149. The van der Waals surface area contributed by atoms with Crippen molar-refractivity contribution in [1.82, 2.24) is 15.1 Å². The van der Waals surface area contributed by atoms with E-state index in [1.54, 1.807) is 12.3 Å². The quantitative estimate of drug-likeness (QED) is 0.735. The van der Waals surface area contributed by atoms with Crippen molar-refractivity contribution in [3.63, 3.8) is 0 Å². The van der Waals surface area contributed by atoms with Crippen molar-refractivity contribution in [2.24, 2.45) is 0 Å². The van der Waals surface area contributed by atoms with E-state index in [4.69, 9.17) is 10.5 Å². The summed E-state index contributed by atoms with van der Waals surface area (Å²) >= 11 is 0. The third-order valence-corrected chi connectivity index (χ3v) is 3.04. The first-order chi connectivity index (χ1) is 9.13. The van der Waals surface area contributed by atoms with Gasteiger partial charge in [-0.25, -0.2) is 0 Å². The molecule has 0 aliphatic heterocycles. The number of carbonyl (C=O) groups excluding carboxylic acids is 2. The van der Waals surface area contributed by atoms with Gasteiger partial charge in [-0.15, -0.1) is 0 Å². The summed E-state index contributed by atoms with van der Waals surface area (Å²) in [6.45, 7) is -0.292. The molecule has 3 N–H and O–H groups in total. The van der Waals surface area contributed by atoms with Crippen LogP contribution in [0, 0.1) is 0 Å². The highest BCUT2D eigenvalue weighted by molar-refractivity contribution is 5.80. The van der Waals surface area contributed by atoms with Gasteiger partial charge in [-0.2, -0.15) is 5.10 Å². The molecule has 0 atom stereocenters. The minimum Gasteiger partial charge on any atom is -0.454 e. The van der Waals surface area contributed by atoms with E-state index in [0.717, 1.165) is 25.7 Å². The summed E-state index contributed by atoms with van der Waals surface area (Å²) < 4.78 is 6.24. The molecule has 19 heavy (non-hydrogen) atoms. The average molecular weight is 266 g/mol. The van der Waals surface area contributed by atoms with Crippen LogP contribution in [0.25, 0.3) is 0 Å². The van der Waals surface area contributed by atoms with E-state index in [9.17, 15) is 9.59 Å². The molecule has 1 aliphatic carbocycles. The zero-order valence-corrected chi connectivity index (χ0v) is 10.7. The van der Waals surface area contributed by atoms with Gasteiger partial charge < -0.3 is 15.8 Å². The van der Waals surface area contributed by atoms with E-state index in [1.165, 1.54) is 4.68 Å². The fourth-order valence-electron chi connectivity index (χ4n) is 2.13. The second kappa shape index (κ2) is 6.21. The lowest BCUT2D eigenvalue weighted by Gasteiger charge is -2.11. The standard InChI is InChI=1S/C12H18N4O3/c13-10-5-6-16(15-10)7-12(18)19-8-11(17)14-9-3-1-2-4-9/h5-6,9H,1-4,7-8H2,(H2,13,15)(H,14,17). The van der Waals surface area contributed by atoms with Crippen molar-refractivity contribution in [1.29, 1.82) is 0 Å². The topological polar surface area (TPSA) is 99.2 Å². The van der Waals surface area contributed by atoms with Crippen molar-refractivity contribution in [2.75, 3.05) is 12.3 Å². The lowest BCUT2D eigenvalue weighted by atomic mass is 10.2. The number of aromatic nitrogens is 2. The maximum absolute atomic E-state index is 11.5. The summed E-state index contributed by atoms with van der Waals surface area (Å²) in [4.78, 5) is 23.0. The number of ether oxygens (including phenoxy) is 1. The van der Waals surface area contributed by atoms with Crippen LogP contribution in [0.5, 0.6) is 0 Å². The second-order valence-corrected chi connectivity index (χ2v) is 4.65. The molecule has 7 nitrogen and oxygen atoms in total. The fourth-order valence-corrected chi connectivity index (χ4v) is 2.13. The molecule has 1 amide bonds. The van der Waals surface area contributed by atoms with Crippen LogP contribution in [0.3, 0.4) is 0 Å². The number of nitrogens with two attached hydrogens (primary N) is 1. The molecule has 1 aliphatic rings. The number of nitrogens with one attached hydrogen (secondary N) is 1. The van der Waals surface area contributed by atoms with Crippen LogP contribution in [-0.4, -0.2) is 34.3 Å². The summed E-state index contributed by atoms with van der Waals surface area (Å²) in [6.07, 6.45) is 5.88. The Kier molecular flexibility index (Phi) is 4.38. The summed E-state index contributed by atoms with van der Waals surface area (Å²) in [6, 6.07) is 1.82. The Morgan fingerprint density at radius 1 is 1.47 bits per heavy atom. The molecule has 0 aromatic carbocycles. The van der Waals surface area contributed by atoms with Gasteiger partial charge in [-0.3, -0.25) is 14.3 Å². The van der Waals surface area contributed by atoms with E-state index >= 15 is 0 Å². The smallest absolute Gasteiger partial charge is 0.328 e. The number of hydrogen-bond donors (Lipinski definition) is 2. The molecule has 7 heteroatoms. The molecule has 0 unspecified atom stereocenters. The lowest BCUT2D eigenvalue weighted by Crippen LogP contribution is -2.36. The molecule has 1 aromatic rings. The zero-order chi connectivity index (χ0) is 13.7. The molecule has 2 rings (SSSR count). The van der Waals surface area contributed by atoms with Gasteiger partial charge in [-0.1, -0.05) is 12.8 Å². The molecular formula is C12H18N4O3. The second-order valence-electron chi connectivity index (χ2n) is 4.65. The third kappa shape index (κ3) is 4.27. The van der Waals surface area contributed by atoms with Crippen LogP contribution in [-0.2, 0) is 20.9 Å².